The Kier molecular flexibility index (Phi) is 6.75. The first-order chi connectivity index (χ1) is 21.8. The van der Waals surface area contributed by atoms with Gasteiger partial charge in [0.25, 0.3) is 0 Å². The molecule has 44 heavy (non-hydrogen) atoms. The van der Waals surface area contributed by atoms with Crippen molar-refractivity contribution in [2.75, 3.05) is 0 Å². The van der Waals surface area contributed by atoms with Crippen molar-refractivity contribution in [3.8, 4) is 64.5 Å². The summed E-state index contributed by atoms with van der Waals surface area (Å²) in [5.41, 5.74) is 8.11. The number of hydrogen-bond acceptors (Lipinski definition) is 8. The Morgan fingerprint density at radius 1 is 0.409 bits per heavy atom. The van der Waals surface area contributed by atoms with Gasteiger partial charge in [0.2, 0.25) is 0 Å². The molecule has 0 aliphatic rings. The van der Waals surface area contributed by atoms with Crippen molar-refractivity contribution in [1.82, 2.24) is 29.9 Å². The van der Waals surface area contributed by atoms with Gasteiger partial charge in [-0.05, 0) is 59.3 Å². The number of hydrogen-bond donors (Lipinski definition) is 0. The van der Waals surface area contributed by atoms with Crippen molar-refractivity contribution in [1.29, 1.82) is 0 Å². The molecule has 0 saturated heterocycles. The van der Waals surface area contributed by atoms with Gasteiger partial charge < -0.3 is 0 Å². The largest absolute Gasteiger partial charge is 0.264 e. The Morgan fingerprint density at radius 3 is 1.64 bits per heavy atom. The summed E-state index contributed by atoms with van der Waals surface area (Å²) in [6.45, 7) is 0. The number of pyridine rings is 4. The quantitative estimate of drug-likeness (QED) is 0.189. The molecule has 8 rings (SSSR count). The van der Waals surface area contributed by atoms with Crippen LogP contribution in [-0.2, 0) is 0 Å². The lowest BCUT2D eigenvalue weighted by molar-refractivity contribution is 1.27. The minimum Gasteiger partial charge on any atom is -0.264 e. The third-order valence-electron chi connectivity index (χ3n) is 7.40. The van der Waals surface area contributed by atoms with Gasteiger partial charge >= 0.3 is 0 Å². The van der Waals surface area contributed by atoms with Crippen molar-refractivity contribution in [3.63, 3.8) is 0 Å². The van der Waals surface area contributed by atoms with Crippen molar-refractivity contribution < 1.29 is 0 Å². The number of aromatic nitrogens is 6. The fourth-order valence-corrected chi connectivity index (χ4v) is 7.13. The summed E-state index contributed by atoms with van der Waals surface area (Å²) in [7, 11) is 0. The monoisotopic (exact) mass is 602 g/mol. The minimum absolute atomic E-state index is 0.881. The molecule has 0 radical (unpaired) electrons. The van der Waals surface area contributed by atoms with Crippen LogP contribution in [0.15, 0.2) is 135 Å². The van der Waals surface area contributed by atoms with Crippen molar-refractivity contribution >= 4 is 33.4 Å². The Bertz CT molecular complexity index is 2230. The van der Waals surface area contributed by atoms with E-state index in [0.29, 0.717) is 0 Å². The van der Waals surface area contributed by atoms with Crippen LogP contribution in [0, 0.1) is 0 Å². The van der Waals surface area contributed by atoms with Gasteiger partial charge in [-0.25, -0.2) is 9.97 Å². The van der Waals surface area contributed by atoms with Crippen LogP contribution in [0.1, 0.15) is 0 Å². The highest BCUT2D eigenvalue weighted by Crippen LogP contribution is 2.41. The first kappa shape index (κ1) is 26.2. The molecule has 0 atom stereocenters. The van der Waals surface area contributed by atoms with E-state index in [1.807, 2.05) is 73.6 Å². The molecule has 0 bridgehead atoms. The van der Waals surface area contributed by atoms with E-state index in [4.69, 9.17) is 9.97 Å². The molecule has 2 aromatic carbocycles. The number of thiazole rings is 2. The van der Waals surface area contributed by atoms with Crippen molar-refractivity contribution in [3.05, 3.63) is 135 Å². The predicted octanol–water partition coefficient (Wildman–Crippen LogP) is 9.33. The number of fused-ring (bicyclic) bond motifs is 1. The topological polar surface area (TPSA) is 77.3 Å². The molecular formula is C36H22N6S2. The molecule has 0 unspecified atom stereocenters. The first-order valence-corrected chi connectivity index (χ1v) is 15.6. The highest BCUT2D eigenvalue weighted by Gasteiger charge is 2.15. The molecule has 8 heteroatoms. The molecule has 6 heterocycles. The lowest BCUT2D eigenvalue weighted by Gasteiger charge is -2.09. The molecule has 0 N–H and O–H groups in total. The molecule has 6 nitrogen and oxygen atoms in total. The highest BCUT2D eigenvalue weighted by atomic mass is 32.1. The lowest BCUT2D eigenvalue weighted by atomic mass is 9.98. The molecule has 8 aromatic rings. The molecule has 0 aliphatic heterocycles. The van der Waals surface area contributed by atoms with Crippen LogP contribution in [0.5, 0.6) is 0 Å². The van der Waals surface area contributed by atoms with E-state index >= 15 is 0 Å². The van der Waals surface area contributed by atoms with Gasteiger partial charge in [-0.1, -0.05) is 36.4 Å². The third-order valence-corrected chi connectivity index (χ3v) is 9.56. The van der Waals surface area contributed by atoms with Crippen LogP contribution in [0.2, 0.25) is 0 Å². The Hall–Kier alpha value is -5.44. The molecule has 0 fully saturated rings. The zero-order valence-electron chi connectivity index (χ0n) is 23.2. The standard InChI is InChI=1S/C36H22N6S2/c1-2-8-28-27(7-1)29(33-21-41-35(43-33)23-13-16-39-32(17-23)25-6-4-15-38-19-25)10-11-30(28)34-22-42-36(44-34)26-9-12-31(40-20-26)24-5-3-14-37-18-24/h1-22H. The second-order valence-corrected chi connectivity index (χ2v) is 12.2. The van der Waals surface area contributed by atoms with Gasteiger partial charge in [0.05, 0.1) is 21.1 Å². The van der Waals surface area contributed by atoms with Gasteiger partial charge in [-0.3, -0.25) is 19.9 Å². The number of nitrogens with zero attached hydrogens (tertiary/aromatic N) is 6. The first-order valence-electron chi connectivity index (χ1n) is 14.0. The Morgan fingerprint density at radius 2 is 1.05 bits per heavy atom. The number of benzene rings is 2. The molecule has 0 saturated carbocycles. The molecule has 6 aromatic heterocycles. The van der Waals surface area contributed by atoms with Gasteiger partial charge in [0, 0.05) is 83.0 Å². The van der Waals surface area contributed by atoms with Crippen LogP contribution in [-0.4, -0.2) is 29.9 Å². The van der Waals surface area contributed by atoms with E-state index in [2.05, 4.69) is 68.5 Å². The highest BCUT2D eigenvalue weighted by molar-refractivity contribution is 7.18. The van der Waals surface area contributed by atoms with Crippen LogP contribution in [0.3, 0.4) is 0 Å². The molecular weight excluding hydrogens is 581 g/mol. The van der Waals surface area contributed by atoms with E-state index in [1.165, 1.54) is 10.8 Å². The van der Waals surface area contributed by atoms with Crippen LogP contribution >= 0.6 is 22.7 Å². The predicted molar refractivity (Wildman–Crippen MR) is 179 cm³/mol. The summed E-state index contributed by atoms with van der Waals surface area (Å²) in [5, 5.41) is 4.26. The molecule has 0 aliphatic carbocycles. The maximum atomic E-state index is 4.81. The van der Waals surface area contributed by atoms with Gasteiger partial charge in [-0.15, -0.1) is 22.7 Å². The maximum Gasteiger partial charge on any atom is 0.125 e. The molecule has 208 valence electrons. The third kappa shape index (κ3) is 4.96. The van der Waals surface area contributed by atoms with Gasteiger partial charge in [0.1, 0.15) is 10.0 Å². The summed E-state index contributed by atoms with van der Waals surface area (Å²) < 4.78 is 0. The van der Waals surface area contributed by atoms with E-state index in [-0.39, 0.29) is 0 Å². The fraction of sp³-hybridized carbons (Fsp3) is 0. The fourth-order valence-electron chi connectivity index (χ4n) is 5.23. The zero-order chi connectivity index (χ0) is 29.3. The smallest absolute Gasteiger partial charge is 0.125 e. The average molecular weight is 603 g/mol. The normalized spacial score (nSPS) is 11.2. The van der Waals surface area contributed by atoms with E-state index in [0.717, 1.165) is 64.5 Å². The number of rotatable bonds is 6. The molecule has 0 spiro atoms. The van der Waals surface area contributed by atoms with Gasteiger partial charge in [0.15, 0.2) is 0 Å². The summed E-state index contributed by atoms with van der Waals surface area (Å²) in [6.07, 6.45) is 14.8. The van der Waals surface area contributed by atoms with E-state index in [9.17, 15) is 0 Å². The van der Waals surface area contributed by atoms with Crippen LogP contribution in [0.4, 0.5) is 0 Å². The Labute approximate surface area is 261 Å². The maximum absolute atomic E-state index is 4.81. The zero-order valence-corrected chi connectivity index (χ0v) is 24.8. The summed E-state index contributed by atoms with van der Waals surface area (Å²) in [6, 6.07) is 29.0. The second kappa shape index (κ2) is 11.3. The average Bonchev–Trinajstić information content (AvgIpc) is 3.80. The summed E-state index contributed by atoms with van der Waals surface area (Å²) in [4.78, 5) is 29.4. The summed E-state index contributed by atoms with van der Waals surface area (Å²) >= 11 is 3.36. The Balaban J connectivity index is 1.11. The van der Waals surface area contributed by atoms with E-state index < -0.39 is 0 Å². The lowest BCUT2D eigenvalue weighted by Crippen LogP contribution is -1.85. The minimum atomic E-state index is 0.881. The van der Waals surface area contributed by atoms with Crippen LogP contribution in [0.25, 0.3) is 75.3 Å². The summed E-state index contributed by atoms with van der Waals surface area (Å²) in [5.74, 6) is 0. The molecule has 0 amide bonds. The van der Waals surface area contributed by atoms with Crippen LogP contribution < -0.4 is 0 Å². The SMILES string of the molecule is c1cncc(-c2ccc(-c3ncc(-c4ccc(-c5cnc(-c6ccnc(-c7cccnc7)c6)s5)c5ccccc45)s3)cn2)c1. The van der Waals surface area contributed by atoms with Gasteiger partial charge in [-0.2, -0.15) is 0 Å². The van der Waals surface area contributed by atoms with Crippen molar-refractivity contribution in [2.45, 2.75) is 0 Å². The van der Waals surface area contributed by atoms with Crippen molar-refractivity contribution in [2.24, 2.45) is 0 Å². The van der Waals surface area contributed by atoms with E-state index in [1.54, 1.807) is 35.1 Å². The second-order valence-electron chi connectivity index (χ2n) is 10.1.